The monoisotopic (exact) mass is 395 g/mol. The lowest BCUT2D eigenvalue weighted by Gasteiger charge is -2.22. The Balaban J connectivity index is 1.74. The molecule has 28 heavy (non-hydrogen) atoms. The van der Waals surface area contributed by atoms with Crippen LogP contribution in [0.15, 0.2) is 59.5 Å². The lowest BCUT2D eigenvalue weighted by molar-refractivity contribution is -0.132. The molecule has 7 nitrogen and oxygen atoms in total. The molecule has 2 aromatic carbocycles. The van der Waals surface area contributed by atoms with E-state index in [4.69, 9.17) is 11.6 Å². The molecule has 0 aliphatic heterocycles. The van der Waals surface area contributed by atoms with Gasteiger partial charge in [0.15, 0.2) is 5.65 Å². The molecule has 4 rings (SSSR count). The van der Waals surface area contributed by atoms with Gasteiger partial charge in [-0.2, -0.15) is 4.52 Å². The number of fused-ring (bicyclic) bond motifs is 3. The summed E-state index contributed by atoms with van der Waals surface area (Å²) < 4.78 is 2.95. The first-order valence-electron chi connectivity index (χ1n) is 8.92. The second-order valence-corrected chi connectivity index (χ2v) is 6.89. The fourth-order valence-corrected chi connectivity index (χ4v) is 3.44. The largest absolute Gasteiger partial charge is 0.337 e. The van der Waals surface area contributed by atoms with Crippen molar-refractivity contribution in [1.82, 2.24) is 24.3 Å². The van der Waals surface area contributed by atoms with E-state index in [2.05, 4.69) is 10.3 Å². The van der Waals surface area contributed by atoms with Gasteiger partial charge in [0, 0.05) is 18.1 Å². The lowest BCUT2D eigenvalue weighted by atomic mass is 10.2. The molecule has 0 aliphatic rings. The van der Waals surface area contributed by atoms with E-state index in [0.717, 1.165) is 5.56 Å². The van der Waals surface area contributed by atoms with Crippen LogP contribution in [0.25, 0.3) is 16.6 Å². The van der Waals surface area contributed by atoms with Crippen molar-refractivity contribution in [2.45, 2.75) is 20.0 Å². The predicted octanol–water partition coefficient (Wildman–Crippen LogP) is 2.75. The summed E-state index contributed by atoms with van der Waals surface area (Å²) >= 11 is 6.07. The molecule has 0 bridgehead atoms. The predicted molar refractivity (Wildman–Crippen MR) is 107 cm³/mol. The van der Waals surface area contributed by atoms with E-state index in [9.17, 15) is 9.59 Å². The van der Waals surface area contributed by atoms with Gasteiger partial charge >= 0.3 is 0 Å². The summed E-state index contributed by atoms with van der Waals surface area (Å²) in [7, 11) is 0. The van der Waals surface area contributed by atoms with E-state index in [1.54, 1.807) is 27.6 Å². The Hall–Kier alpha value is -3.19. The molecule has 0 aliphatic carbocycles. The van der Waals surface area contributed by atoms with Gasteiger partial charge in [0.2, 0.25) is 5.91 Å². The molecular formula is C20H18ClN5O2. The maximum Gasteiger partial charge on any atom is 0.262 e. The maximum absolute atomic E-state index is 13.1. The zero-order chi connectivity index (χ0) is 19.7. The summed E-state index contributed by atoms with van der Waals surface area (Å²) in [5.74, 6) is -0.155. The molecule has 0 radical (unpaired) electrons. The molecule has 8 heteroatoms. The van der Waals surface area contributed by atoms with Gasteiger partial charge in [0.1, 0.15) is 6.54 Å². The summed E-state index contributed by atoms with van der Waals surface area (Å²) in [5, 5.41) is 8.81. The van der Waals surface area contributed by atoms with Crippen LogP contribution in [0.2, 0.25) is 5.02 Å². The van der Waals surface area contributed by atoms with Gasteiger partial charge in [0.25, 0.3) is 5.56 Å². The van der Waals surface area contributed by atoms with Crippen LogP contribution in [0.3, 0.4) is 0 Å². The van der Waals surface area contributed by atoms with Crippen molar-refractivity contribution in [2.75, 3.05) is 6.54 Å². The van der Waals surface area contributed by atoms with Gasteiger partial charge in [0.05, 0.1) is 17.1 Å². The minimum atomic E-state index is -0.295. The minimum absolute atomic E-state index is 0.0984. The van der Waals surface area contributed by atoms with Crippen molar-refractivity contribution in [3.63, 3.8) is 0 Å². The maximum atomic E-state index is 13.1. The van der Waals surface area contributed by atoms with Gasteiger partial charge in [-0.3, -0.25) is 14.2 Å². The summed E-state index contributed by atoms with van der Waals surface area (Å²) in [6.45, 7) is 2.84. The van der Waals surface area contributed by atoms with Crippen molar-refractivity contribution in [3.05, 3.63) is 75.7 Å². The Morgan fingerprint density at radius 2 is 1.96 bits per heavy atom. The Labute approximate surface area is 165 Å². The first kappa shape index (κ1) is 18.2. The van der Waals surface area contributed by atoms with E-state index in [1.807, 2.05) is 37.3 Å². The third kappa shape index (κ3) is 3.25. The molecule has 0 atom stereocenters. The third-order valence-electron chi connectivity index (χ3n) is 4.71. The van der Waals surface area contributed by atoms with Crippen LogP contribution in [0.1, 0.15) is 12.5 Å². The van der Waals surface area contributed by atoms with Crippen LogP contribution >= 0.6 is 11.6 Å². The Kier molecular flexibility index (Phi) is 4.83. The van der Waals surface area contributed by atoms with Gasteiger partial charge in [-0.25, -0.2) is 0 Å². The number of halogens is 1. The fraction of sp³-hybridized carbons (Fsp3) is 0.200. The molecule has 142 valence electrons. The molecule has 0 saturated heterocycles. The number of aromatic nitrogens is 4. The highest BCUT2D eigenvalue weighted by molar-refractivity contribution is 6.31. The van der Waals surface area contributed by atoms with Crippen LogP contribution in [0, 0.1) is 0 Å². The number of carbonyl (C=O) groups excluding carboxylic acids is 1. The van der Waals surface area contributed by atoms with E-state index in [0.29, 0.717) is 34.7 Å². The van der Waals surface area contributed by atoms with E-state index < -0.39 is 0 Å². The number of carbonyl (C=O) groups is 1. The number of rotatable bonds is 5. The highest BCUT2D eigenvalue weighted by Crippen LogP contribution is 2.17. The highest BCUT2D eigenvalue weighted by atomic mass is 35.5. The van der Waals surface area contributed by atoms with Crippen molar-refractivity contribution < 1.29 is 4.79 Å². The highest BCUT2D eigenvalue weighted by Gasteiger charge is 2.18. The van der Waals surface area contributed by atoms with Crippen LogP contribution in [-0.4, -0.2) is 36.7 Å². The molecule has 1 amide bonds. The average molecular weight is 396 g/mol. The molecule has 0 spiro atoms. The first-order chi connectivity index (χ1) is 13.6. The molecule has 4 aromatic rings. The van der Waals surface area contributed by atoms with Gasteiger partial charge in [-0.1, -0.05) is 47.1 Å². The number of amides is 1. The SMILES string of the molecule is CCN(Cc1ccccc1)C(=O)Cn1c(=O)c2cc(Cl)ccc2n2nncc12. The van der Waals surface area contributed by atoms with Crippen LogP contribution in [0.4, 0.5) is 0 Å². The molecule has 0 fully saturated rings. The van der Waals surface area contributed by atoms with Crippen LogP contribution in [-0.2, 0) is 17.9 Å². The smallest absolute Gasteiger partial charge is 0.262 e. The van der Waals surface area contributed by atoms with Crippen LogP contribution in [0.5, 0.6) is 0 Å². The average Bonchev–Trinajstić information content (AvgIpc) is 3.19. The van der Waals surface area contributed by atoms with Gasteiger partial charge < -0.3 is 4.90 Å². The Morgan fingerprint density at radius 1 is 1.18 bits per heavy atom. The quantitative estimate of drug-likeness (QED) is 0.521. The molecule has 2 heterocycles. The number of hydrogen-bond donors (Lipinski definition) is 0. The number of nitrogens with zero attached hydrogens (tertiary/aromatic N) is 5. The normalized spacial score (nSPS) is 11.2. The molecule has 0 unspecified atom stereocenters. The Bertz CT molecular complexity index is 1220. The standard InChI is InChI=1S/C20H18ClN5O2/c1-2-24(12-14-6-4-3-5-7-14)19(27)13-25-18-11-22-23-26(18)17-9-8-15(21)10-16(17)20(25)28/h3-11H,2,12-13H2,1H3. The molecule has 0 saturated carbocycles. The van der Waals surface area contributed by atoms with Crippen molar-refractivity contribution >= 4 is 34.1 Å². The lowest BCUT2D eigenvalue weighted by Crippen LogP contribution is -2.36. The van der Waals surface area contributed by atoms with Crippen molar-refractivity contribution in [3.8, 4) is 0 Å². The van der Waals surface area contributed by atoms with E-state index in [-0.39, 0.29) is 18.0 Å². The summed E-state index contributed by atoms with van der Waals surface area (Å²) in [4.78, 5) is 27.7. The van der Waals surface area contributed by atoms with E-state index in [1.165, 1.54) is 10.8 Å². The second kappa shape index (κ2) is 7.44. The summed E-state index contributed by atoms with van der Waals surface area (Å²) in [5.41, 5.74) is 1.80. The first-order valence-corrected chi connectivity index (χ1v) is 9.30. The van der Waals surface area contributed by atoms with Crippen molar-refractivity contribution in [2.24, 2.45) is 0 Å². The van der Waals surface area contributed by atoms with E-state index >= 15 is 0 Å². The summed E-state index contributed by atoms with van der Waals surface area (Å²) in [6, 6.07) is 14.8. The van der Waals surface area contributed by atoms with Crippen LogP contribution < -0.4 is 5.56 Å². The molecule has 2 aromatic heterocycles. The third-order valence-corrected chi connectivity index (χ3v) is 4.95. The Morgan fingerprint density at radius 3 is 2.71 bits per heavy atom. The topological polar surface area (TPSA) is 72.5 Å². The van der Waals surface area contributed by atoms with Gasteiger partial charge in [-0.05, 0) is 30.7 Å². The minimum Gasteiger partial charge on any atom is -0.337 e. The molecule has 0 N–H and O–H groups in total. The zero-order valence-corrected chi connectivity index (χ0v) is 16.0. The number of hydrogen-bond acceptors (Lipinski definition) is 4. The number of likely N-dealkylation sites (N-methyl/N-ethyl adjacent to an activating group) is 1. The molecular weight excluding hydrogens is 378 g/mol. The second-order valence-electron chi connectivity index (χ2n) is 6.45. The number of benzene rings is 2. The summed E-state index contributed by atoms with van der Waals surface area (Å²) in [6.07, 6.45) is 1.48. The van der Waals surface area contributed by atoms with Crippen molar-refractivity contribution in [1.29, 1.82) is 0 Å². The zero-order valence-electron chi connectivity index (χ0n) is 15.2. The van der Waals surface area contributed by atoms with Gasteiger partial charge in [-0.15, -0.1) is 5.10 Å². The fourth-order valence-electron chi connectivity index (χ4n) is 3.27.